The van der Waals surface area contributed by atoms with E-state index in [-0.39, 0.29) is 24.3 Å². The first-order valence-corrected chi connectivity index (χ1v) is 11.6. The molecule has 3 aromatic carbocycles. The molecule has 34 heavy (non-hydrogen) atoms. The normalized spacial score (nSPS) is 19.1. The molecule has 178 valence electrons. The maximum absolute atomic E-state index is 13.1. The molecule has 7 heteroatoms. The van der Waals surface area contributed by atoms with Gasteiger partial charge in [0.2, 0.25) is 5.91 Å². The lowest BCUT2D eigenvalue weighted by Crippen LogP contribution is -2.45. The van der Waals surface area contributed by atoms with E-state index in [1.165, 1.54) is 11.6 Å². The Labute approximate surface area is 202 Å². The number of nitrogens with zero attached hydrogens (tertiary/aromatic N) is 1. The number of alkyl halides is 3. The van der Waals surface area contributed by atoms with Crippen molar-refractivity contribution < 1.29 is 18.0 Å². The van der Waals surface area contributed by atoms with Gasteiger partial charge in [-0.25, -0.2) is 0 Å². The van der Waals surface area contributed by atoms with Crippen molar-refractivity contribution in [1.82, 2.24) is 10.2 Å². The van der Waals surface area contributed by atoms with Crippen LogP contribution in [0.25, 0.3) is 0 Å². The van der Waals surface area contributed by atoms with Gasteiger partial charge in [-0.05, 0) is 47.2 Å². The Morgan fingerprint density at radius 2 is 1.71 bits per heavy atom. The predicted octanol–water partition coefficient (Wildman–Crippen LogP) is 6.28. The molecule has 0 bridgehead atoms. The maximum atomic E-state index is 13.1. The van der Waals surface area contributed by atoms with Crippen LogP contribution in [-0.4, -0.2) is 23.9 Å². The molecular formula is C27H26ClF3N2O. The van der Waals surface area contributed by atoms with Gasteiger partial charge in [-0.3, -0.25) is 9.69 Å². The number of halogens is 4. The van der Waals surface area contributed by atoms with Crippen LogP contribution in [0.5, 0.6) is 0 Å². The fraction of sp³-hybridized carbons (Fsp3) is 0.296. The van der Waals surface area contributed by atoms with Crippen LogP contribution in [-0.2, 0) is 24.1 Å². The Kier molecular flexibility index (Phi) is 7.59. The molecule has 3 aromatic rings. The second-order valence-corrected chi connectivity index (χ2v) is 9.15. The van der Waals surface area contributed by atoms with Crippen molar-refractivity contribution in [3.8, 4) is 0 Å². The van der Waals surface area contributed by atoms with Crippen molar-refractivity contribution in [1.29, 1.82) is 0 Å². The lowest BCUT2D eigenvalue weighted by atomic mass is 9.84. The van der Waals surface area contributed by atoms with Crippen LogP contribution in [0.4, 0.5) is 13.2 Å². The molecule has 1 amide bonds. The highest BCUT2D eigenvalue weighted by Gasteiger charge is 2.33. The van der Waals surface area contributed by atoms with Crippen LogP contribution in [0, 0.1) is 5.92 Å². The van der Waals surface area contributed by atoms with Crippen molar-refractivity contribution in [3.05, 3.63) is 106 Å². The zero-order valence-corrected chi connectivity index (χ0v) is 19.3. The molecule has 1 aliphatic rings. The number of rotatable bonds is 6. The van der Waals surface area contributed by atoms with Gasteiger partial charge in [0, 0.05) is 31.2 Å². The minimum atomic E-state index is -4.41. The minimum Gasteiger partial charge on any atom is -0.352 e. The van der Waals surface area contributed by atoms with Crippen LogP contribution in [0.3, 0.4) is 0 Å². The molecule has 0 saturated carbocycles. The molecule has 0 spiro atoms. The van der Waals surface area contributed by atoms with Crippen LogP contribution >= 0.6 is 11.6 Å². The van der Waals surface area contributed by atoms with E-state index in [4.69, 9.17) is 11.6 Å². The molecule has 1 N–H and O–H groups in total. The van der Waals surface area contributed by atoms with Gasteiger partial charge < -0.3 is 5.32 Å². The summed E-state index contributed by atoms with van der Waals surface area (Å²) in [5.74, 6) is -0.267. The van der Waals surface area contributed by atoms with E-state index in [2.05, 4.69) is 22.3 Å². The second kappa shape index (κ2) is 10.6. The molecule has 0 aromatic heterocycles. The Balaban J connectivity index is 1.47. The first-order chi connectivity index (χ1) is 16.3. The lowest BCUT2D eigenvalue weighted by molar-refractivity contribution is -0.137. The van der Waals surface area contributed by atoms with Gasteiger partial charge >= 0.3 is 6.18 Å². The summed E-state index contributed by atoms with van der Waals surface area (Å²) in [7, 11) is 0. The molecular weight excluding hydrogens is 461 g/mol. The van der Waals surface area contributed by atoms with Crippen molar-refractivity contribution in [2.24, 2.45) is 5.92 Å². The van der Waals surface area contributed by atoms with E-state index in [1.807, 2.05) is 42.5 Å². The topological polar surface area (TPSA) is 32.3 Å². The number of benzene rings is 3. The number of amides is 1. The van der Waals surface area contributed by atoms with Crippen molar-refractivity contribution in [3.63, 3.8) is 0 Å². The quantitative estimate of drug-likeness (QED) is 0.444. The third-order valence-corrected chi connectivity index (χ3v) is 6.61. The van der Waals surface area contributed by atoms with Crippen LogP contribution in [0.1, 0.15) is 34.6 Å². The second-order valence-electron chi connectivity index (χ2n) is 8.74. The minimum absolute atomic E-state index is 0.0553. The molecule has 1 aliphatic heterocycles. The molecule has 2 atom stereocenters. The Hall–Kier alpha value is -2.83. The summed E-state index contributed by atoms with van der Waals surface area (Å²) in [5, 5.41) is 3.55. The molecule has 3 nitrogen and oxygen atoms in total. The Morgan fingerprint density at radius 3 is 2.44 bits per heavy atom. The fourth-order valence-corrected chi connectivity index (χ4v) is 4.73. The highest BCUT2D eigenvalue weighted by Crippen LogP contribution is 2.32. The Bertz CT molecular complexity index is 1120. The standard InChI is InChI=1S/C27H26ClF3N2O/c28-25-12-5-4-10-21(25)16-33-17-22(20-8-2-1-3-9-20)14-23(18-33)26(34)32-15-19-7-6-11-24(13-19)27(29,30)31/h1-13,22-23H,14-18H2,(H,32,34). The first-order valence-electron chi connectivity index (χ1n) is 11.2. The predicted molar refractivity (Wildman–Crippen MR) is 127 cm³/mol. The van der Waals surface area contributed by atoms with E-state index in [1.54, 1.807) is 6.07 Å². The number of piperidine rings is 1. The number of carbonyl (C=O) groups excluding carboxylic acids is 1. The van der Waals surface area contributed by atoms with Crippen molar-refractivity contribution in [2.75, 3.05) is 13.1 Å². The van der Waals surface area contributed by atoms with Crippen LogP contribution in [0.2, 0.25) is 5.02 Å². The number of hydrogen-bond acceptors (Lipinski definition) is 2. The SMILES string of the molecule is O=C(NCc1cccc(C(F)(F)F)c1)C1CC(c2ccccc2)CN(Cc2ccccc2Cl)C1. The molecule has 0 radical (unpaired) electrons. The van der Waals surface area contributed by atoms with Gasteiger partial charge in [0.15, 0.2) is 0 Å². The molecule has 1 fully saturated rings. The summed E-state index contributed by atoms with van der Waals surface area (Å²) in [6, 6.07) is 22.8. The summed E-state index contributed by atoms with van der Waals surface area (Å²) in [6.45, 7) is 2.04. The number of carbonyl (C=O) groups is 1. The number of likely N-dealkylation sites (tertiary alicyclic amines) is 1. The molecule has 1 saturated heterocycles. The molecule has 4 rings (SSSR count). The largest absolute Gasteiger partial charge is 0.416 e. The number of hydrogen-bond donors (Lipinski definition) is 1. The summed E-state index contributed by atoms with van der Waals surface area (Å²) in [4.78, 5) is 15.3. The highest BCUT2D eigenvalue weighted by molar-refractivity contribution is 6.31. The van der Waals surface area contributed by atoms with Gasteiger partial charge in [-0.2, -0.15) is 13.2 Å². The van der Waals surface area contributed by atoms with E-state index in [0.29, 0.717) is 30.1 Å². The highest BCUT2D eigenvalue weighted by atomic mass is 35.5. The van der Waals surface area contributed by atoms with Gasteiger partial charge in [-0.1, -0.05) is 72.3 Å². The third-order valence-electron chi connectivity index (χ3n) is 6.24. The van der Waals surface area contributed by atoms with Crippen LogP contribution < -0.4 is 5.32 Å². The third kappa shape index (κ3) is 6.19. The summed E-state index contributed by atoms with van der Waals surface area (Å²) < 4.78 is 39.0. The summed E-state index contributed by atoms with van der Waals surface area (Å²) in [6.07, 6.45) is -3.73. The van der Waals surface area contributed by atoms with Crippen LogP contribution in [0.15, 0.2) is 78.9 Å². The van der Waals surface area contributed by atoms with Gasteiger partial charge in [0.25, 0.3) is 0 Å². The maximum Gasteiger partial charge on any atom is 0.416 e. The molecule has 2 unspecified atom stereocenters. The smallest absolute Gasteiger partial charge is 0.352 e. The van der Waals surface area contributed by atoms with Gasteiger partial charge in [0.05, 0.1) is 11.5 Å². The van der Waals surface area contributed by atoms with Crippen molar-refractivity contribution >= 4 is 17.5 Å². The first kappa shape index (κ1) is 24.3. The monoisotopic (exact) mass is 486 g/mol. The van der Waals surface area contributed by atoms with E-state index in [9.17, 15) is 18.0 Å². The Morgan fingerprint density at radius 1 is 0.971 bits per heavy atom. The summed E-state index contributed by atoms with van der Waals surface area (Å²) >= 11 is 6.37. The molecule has 0 aliphatic carbocycles. The zero-order valence-electron chi connectivity index (χ0n) is 18.6. The van der Waals surface area contributed by atoms with E-state index < -0.39 is 11.7 Å². The summed E-state index contributed by atoms with van der Waals surface area (Å²) in [5.41, 5.74) is 1.88. The van der Waals surface area contributed by atoms with Gasteiger partial charge in [-0.15, -0.1) is 0 Å². The van der Waals surface area contributed by atoms with E-state index >= 15 is 0 Å². The molecule has 1 heterocycles. The average Bonchev–Trinajstić information content (AvgIpc) is 2.84. The lowest BCUT2D eigenvalue weighted by Gasteiger charge is -2.37. The fourth-order valence-electron chi connectivity index (χ4n) is 4.53. The average molecular weight is 487 g/mol. The van der Waals surface area contributed by atoms with Crippen molar-refractivity contribution in [2.45, 2.75) is 31.6 Å². The number of nitrogens with one attached hydrogen (secondary N) is 1. The zero-order chi connectivity index (χ0) is 24.1. The van der Waals surface area contributed by atoms with Gasteiger partial charge in [0.1, 0.15) is 0 Å². The van der Waals surface area contributed by atoms with E-state index in [0.717, 1.165) is 24.2 Å².